The van der Waals surface area contributed by atoms with Gasteiger partial charge in [0, 0.05) is 57.6 Å². The quantitative estimate of drug-likeness (QED) is 0.787. The van der Waals surface area contributed by atoms with Crippen molar-refractivity contribution in [2.75, 3.05) is 32.1 Å². The lowest BCUT2D eigenvalue weighted by Gasteiger charge is -2.33. The Morgan fingerprint density at radius 2 is 1.96 bits per heavy atom. The fraction of sp³-hybridized carbons (Fsp3) is 0.455. The van der Waals surface area contributed by atoms with Crippen LogP contribution in [0.2, 0.25) is 0 Å². The van der Waals surface area contributed by atoms with E-state index in [1.54, 1.807) is 6.20 Å². The van der Waals surface area contributed by atoms with Crippen LogP contribution < -0.4 is 4.90 Å². The molecule has 1 unspecified atom stereocenters. The number of hydrogen-bond acceptors (Lipinski definition) is 4. The Balaban J connectivity index is 1.72. The number of anilines is 1. The molecule has 0 aliphatic carbocycles. The molecule has 0 N–H and O–H groups in total. The predicted molar refractivity (Wildman–Crippen MR) is 110 cm³/mol. The molecule has 1 saturated heterocycles. The van der Waals surface area contributed by atoms with Crippen LogP contribution >= 0.6 is 0 Å². The molecule has 1 aliphatic rings. The number of hydrogen-bond donors (Lipinski definition) is 0. The Hall–Kier alpha value is -2.40. The van der Waals surface area contributed by atoms with E-state index in [-0.39, 0.29) is 18.0 Å². The van der Waals surface area contributed by atoms with E-state index in [1.165, 1.54) is 5.56 Å². The fourth-order valence-electron chi connectivity index (χ4n) is 3.79. The van der Waals surface area contributed by atoms with Gasteiger partial charge in [0.25, 0.3) is 5.91 Å². The molecule has 0 saturated carbocycles. The lowest BCUT2D eigenvalue weighted by molar-refractivity contribution is 0.0613. The second kappa shape index (κ2) is 8.53. The first-order chi connectivity index (χ1) is 13.0. The standard InChI is InChI=1S/C22H30N4O/c1-17(2)26(22(27)19-10-12-23-21(14-19)24(3)4)20-11-13-25(16-20)15-18-8-6-5-7-9-18/h5-10,12,14,17,20H,11,13,15-16H2,1-4H3. The molecule has 144 valence electrons. The first-order valence-corrected chi connectivity index (χ1v) is 9.68. The largest absolute Gasteiger partial charge is 0.363 e. The lowest BCUT2D eigenvalue weighted by atomic mass is 10.1. The first kappa shape index (κ1) is 19.4. The number of carbonyl (C=O) groups excluding carboxylic acids is 1. The highest BCUT2D eigenvalue weighted by Gasteiger charge is 2.33. The zero-order chi connectivity index (χ0) is 19.4. The Kier molecular flexibility index (Phi) is 6.11. The Bertz CT molecular complexity index is 760. The molecule has 2 heterocycles. The number of aromatic nitrogens is 1. The molecule has 5 nitrogen and oxygen atoms in total. The van der Waals surface area contributed by atoms with Crippen LogP contribution in [0.25, 0.3) is 0 Å². The van der Waals surface area contributed by atoms with Crippen LogP contribution in [0.1, 0.15) is 36.2 Å². The van der Waals surface area contributed by atoms with Gasteiger partial charge in [0.2, 0.25) is 0 Å². The maximum Gasteiger partial charge on any atom is 0.254 e. The third-order valence-electron chi connectivity index (χ3n) is 5.13. The van der Waals surface area contributed by atoms with Gasteiger partial charge < -0.3 is 9.80 Å². The van der Waals surface area contributed by atoms with E-state index in [2.05, 4.69) is 52.9 Å². The third-order valence-corrected chi connectivity index (χ3v) is 5.13. The second-order valence-electron chi connectivity index (χ2n) is 7.77. The summed E-state index contributed by atoms with van der Waals surface area (Å²) in [4.78, 5) is 24.0. The van der Waals surface area contributed by atoms with E-state index in [9.17, 15) is 4.79 Å². The smallest absolute Gasteiger partial charge is 0.254 e. The zero-order valence-corrected chi connectivity index (χ0v) is 16.8. The van der Waals surface area contributed by atoms with Gasteiger partial charge in [0.05, 0.1) is 0 Å². The summed E-state index contributed by atoms with van der Waals surface area (Å²) in [5.74, 6) is 0.906. The van der Waals surface area contributed by atoms with Gasteiger partial charge in [-0.05, 0) is 38.0 Å². The van der Waals surface area contributed by atoms with E-state index in [4.69, 9.17) is 0 Å². The molecule has 1 amide bonds. The Labute approximate surface area is 162 Å². The molecule has 1 aliphatic heterocycles. The van der Waals surface area contributed by atoms with E-state index in [1.807, 2.05) is 37.2 Å². The number of benzene rings is 1. The number of amides is 1. The molecule has 1 aromatic carbocycles. The maximum atomic E-state index is 13.3. The number of likely N-dealkylation sites (tertiary alicyclic amines) is 1. The number of pyridine rings is 1. The van der Waals surface area contributed by atoms with Gasteiger partial charge in [0.1, 0.15) is 5.82 Å². The van der Waals surface area contributed by atoms with Crippen molar-refractivity contribution in [3.63, 3.8) is 0 Å². The molecular weight excluding hydrogens is 336 g/mol. The first-order valence-electron chi connectivity index (χ1n) is 9.68. The predicted octanol–water partition coefficient (Wildman–Crippen LogP) is 3.27. The fourth-order valence-corrected chi connectivity index (χ4v) is 3.79. The van der Waals surface area contributed by atoms with Crippen LogP contribution in [0.3, 0.4) is 0 Å². The molecule has 1 fully saturated rings. The van der Waals surface area contributed by atoms with Gasteiger partial charge in [-0.15, -0.1) is 0 Å². The van der Waals surface area contributed by atoms with Crippen LogP contribution in [0.5, 0.6) is 0 Å². The molecule has 0 bridgehead atoms. The minimum absolute atomic E-state index is 0.0991. The summed E-state index contributed by atoms with van der Waals surface area (Å²) >= 11 is 0. The SMILES string of the molecule is CC(C)N(C(=O)c1ccnc(N(C)C)c1)C1CCN(Cc2ccccc2)C1. The van der Waals surface area contributed by atoms with E-state index in [0.717, 1.165) is 31.9 Å². The summed E-state index contributed by atoms with van der Waals surface area (Å²) in [5.41, 5.74) is 2.04. The molecule has 0 radical (unpaired) electrons. The van der Waals surface area contributed by atoms with E-state index >= 15 is 0 Å². The summed E-state index contributed by atoms with van der Waals surface area (Å²) < 4.78 is 0. The minimum Gasteiger partial charge on any atom is -0.363 e. The van der Waals surface area contributed by atoms with Crippen LogP contribution in [0.15, 0.2) is 48.7 Å². The Morgan fingerprint density at radius 3 is 2.63 bits per heavy atom. The summed E-state index contributed by atoms with van der Waals surface area (Å²) in [6.45, 7) is 7.09. The van der Waals surface area contributed by atoms with Crippen LogP contribution in [0.4, 0.5) is 5.82 Å². The number of rotatable bonds is 6. The van der Waals surface area contributed by atoms with Gasteiger partial charge in [-0.3, -0.25) is 9.69 Å². The van der Waals surface area contributed by atoms with Crippen molar-refractivity contribution < 1.29 is 4.79 Å². The van der Waals surface area contributed by atoms with Gasteiger partial charge in [-0.2, -0.15) is 0 Å². The Morgan fingerprint density at radius 1 is 1.22 bits per heavy atom. The molecule has 27 heavy (non-hydrogen) atoms. The average molecular weight is 367 g/mol. The molecular formula is C22H30N4O. The highest BCUT2D eigenvalue weighted by Crippen LogP contribution is 2.23. The topological polar surface area (TPSA) is 39.7 Å². The van der Waals surface area contributed by atoms with E-state index < -0.39 is 0 Å². The van der Waals surface area contributed by atoms with Crippen molar-refractivity contribution in [3.8, 4) is 0 Å². The molecule has 0 spiro atoms. The number of carbonyl (C=O) groups is 1. The highest BCUT2D eigenvalue weighted by molar-refractivity contribution is 5.95. The van der Waals surface area contributed by atoms with Crippen molar-refractivity contribution in [2.45, 2.75) is 38.9 Å². The second-order valence-corrected chi connectivity index (χ2v) is 7.77. The number of nitrogens with zero attached hydrogens (tertiary/aromatic N) is 4. The average Bonchev–Trinajstić information content (AvgIpc) is 3.10. The minimum atomic E-state index is 0.0991. The van der Waals surface area contributed by atoms with Crippen molar-refractivity contribution >= 4 is 11.7 Å². The van der Waals surface area contributed by atoms with Crippen molar-refractivity contribution in [3.05, 3.63) is 59.8 Å². The maximum absolute atomic E-state index is 13.3. The van der Waals surface area contributed by atoms with Gasteiger partial charge in [-0.1, -0.05) is 30.3 Å². The van der Waals surface area contributed by atoms with Gasteiger partial charge in [0.15, 0.2) is 0 Å². The van der Waals surface area contributed by atoms with Crippen LogP contribution in [-0.2, 0) is 6.54 Å². The normalized spacial score (nSPS) is 17.3. The van der Waals surface area contributed by atoms with E-state index in [0.29, 0.717) is 5.56 Å². The zero-order valence-electron chi connectivity index (χ0n) is 16.8. The lowest BCUT2D eigenvalue weighted by Crippen LogP contribution is -2.46. The monoisotopic (exact) mass is 366 g/mol. The summed E-state index contributed by atoms with van der Waals surface area (Å²) in [6.07, 6.45) is 2.74. The molecule has 5 heteroatoms. The third kappa shape index (κ3) is 4.66. The summed E-state index contributed by atoms with van der Waals surface area (Å²) in [5, 5.41) is 0. The highest BCUT2D eigenvalue weighted by atomic mass is 16.2. The molecule has 2 aromatic rings. The molecule has 1 aromatic heterocycles. The van der Waals surface area contributed by atoms with Crippen LogP contribution in [-0.4, -0.2) is 60.0 Å². The van der Waals surface area contributed by atoms with Crippen LogP contribution in [0, 0.1) is 0 Å². The summed E-state index contributed by atoms with van der Waals surface area (Å²) in [6, 6.07) is 14.7. The molecule has 1 atom stereocenters. The van der Waals surface area contributed by atoms with Crippen molar-refractivity contribution in [1.29, 1.82) is 0 Å². The van der Waals surface area contributed by atoms with Gasteiger partial charge >= 0.3 is 0 Å². The van der Waals surface area contributed by atoms with Crippen molar-refractivity contribution in [2.24, 2.45) is 0 Å². The van der Waals surface area contributed by atoms with Crippen molar-refractivity contribution in [1.82, 2.24) is 14.8 Å². The van der Waals surface area contributed by atoms with Gasteiger partial charge in [-0.25, -0.2) is 4.98 Å². The molecule has 3 rings (SSSR count). The summed E-state index contributed by atoms with van der Waals surface area (Å²) in [7, 11) is 3.88.